The molecule has 0 atom stereocenters. The SMILES string of the molecule is OCC/N=C/c1c(Cl)cccc1Cl. The van der Waals surface area contributed by atoms with Crippen LogP contribution in [0.1, 0.15) is 5.56 Å². The molecule has 0 aromatic heterocycles. The van der Waals surface area contributed by atoms with Gasteiger partial charge in [-0.1, -0.05) is 29.3 Å². The quantitative estimate of drug-likeness (QED) is 0.776. The van der Waals surface area contributed by atoms with Crippen molar-refractivity contribution in [1.29, 1.82) is 0 Å². The van der Waals surface area contributed by atoms with Crippen LogP contribution in [0.2, 0.25) is 10.0 Å². The molecule has 70 valence electrons. The molecule has 1 aromatic carbocycles. The van der Waals surface area contributed by atoms with Gasteiger partial charge < -0.3 is 5.11 Å². The number of hydrogen-bond acceptors (Lipinski definition) is 2. The van der Waals surface area contributed by atoms with E-state index in [1.54, 1.807) is 24.4 Å². The van der Waals surface area contributed by atoms with Gasteiger partial charge in [-0.05, 0) is 12.1 Å². The summed E-state index contributed by atoms with van der Waals surface area (Å²) < 4.78 is 0. The van der Waals surface area contributed by atoms with Gasteiger partial charge in [-0.2, -0.15) is 0 Å². The van der Waals surface area contributed by atoms with E-state index in [-0.39, 0.29) is 6.61 Å². The van der Waals surface area contributed by atoms with Crippen LogP contribution < -0.4 is 0 Å². The van der Waals surface area contributed by atoms with Gasteiger partial charge in [-0.3, -0.25) is 4.99 Å². The van der Waals surface area contributed by atoms with Gasteiger partial charge in [0, 0.05) is 11.8 Å². The predicted molar refractivity (Wildman–Crippen MR) is 56.0 cm³/mol. The average Bonchev–Trinajstić information content (AvgIpc) is 2.10. The Labute approximate surface area is 86.8 Å². The molecule has 0 saturated heterocycles. The molecule has 0 aliphatic heterocycles. The second-order valence-electron chi connectivity index (χ2n) is 2.39. The number of aliphatic hydroxyl groups is 1. The second kappa shape index (κ2) is 5.22. The number of benzene rings is 1. The highest BCUT2D eigenvalue weighted by atomic mass is 35.5. The van der Waals surface area contributed by atoms with Crippen LogP contribution in [0.15, 0.2) is 23.2 Å². The number of aliphatic imine (C=N–C) groups is 1. The lowest BCUT2D eigenvalue weighted by atomic mass is 10.2. The van der Waals surface area contributed by atoms with E-state index in [0.29, 0.717) is 22.2 Å². The number of hydrogen-bond donors (Lipinski definition) is 1. The maximum absolute atomic E-state index is 8.50. The standard InChI is InChI=1S/C9H9Cl2NO/c10-8-2-1-3-9(11)7(8)6-12-4-5-13/h1-3,6,13H,4-5H2/b12-6+. The van der Waals surface area contributed by atoms with Crippen molar-refractivity contribution in [3.05, 3.63) is 33.8 Å². The third-order valence-corrected chi connectivity index (χ3v) is 2.11. The largest absolute Gasteiger partial charge is 0.394 e. The maximum atomic E-state index is 8.50. The lowest BCUT2D eigenvalue weighted by Crippen LogP contribution is -1.90. The molecule has 0 spiro atoms. The molecule has 1 rings (SSSR count). The molecule has 0 bridgehead atoms. The van der Waals surface area contributed by atoms with Crippen molar-refractivity contribution in [3.63, 3.8) is 0 Å². The fourth-order valence-electron chi connectivity index (χ4n) is 0.848. The summed E-state index contributed by atoms with van der Waals surface area (Å²) in [6, 6.07) is 5.26. The van der Waals surface area contributed by atoms with E-state index in [2.05, 4.69) is 4.99 Å². The molecule has 0 unspecified atom stereocenters. The minimum Gasteiger partial charge on any atom is -0.394 e. The second-order valence-corrected chi connectivity index (χ2v) is 3.21. The molecule has 1 N–H and O–H groups in total. The van der Waals surface area contributed by atoms with E-state index in [9.17, 15) is 0 Å². The van der Waals surface area contributed by atoms with Crippen LogP contribution in [-0.4, -0.2) is 24.5 Å². The predicted octanol–water partition coefficient (Wildman–Crippen LogP) is 2.40. The summed E-state index contributed by atoms with van der Waals surface area (Å²) in [5.74, 6) is 0. The minimum atomic E-state index is 0.0264. The highest BCUT2D eigenvalue weighted by Crippen LogP contribution is 2.21. The van der Waals surface area contributed by atoms with E-state index in [1.807, 2.05) is 0 Å². The van der Waals surface area contributed by atoms with E-state index < -0.39 is 0 Å². The van der Waals surface area contributed by atoms with Gasteiger partial charge in [-0.25, -0.2) is 0 Å². The fraction of sp³-hybridized carbons (Fsp3) is 0.222. The summed E-state index contributed by atoms with van der Waals surface area (Å²) in [4.78, 5) is 3.94. The Morgan fingerprint density at radius 2 is 1.92 bits per heavy atom. The molecule has 13 heavy (non-hydrogen) atoms. The molecule has 0 aliphatic rings. The smallest absolute Gasteiger partial charge is 0.0626 e. The Balaban J connectivity index is 2.87. The van der Waals surface area contributed by atoms with Crippen LogP contribution in [-0.2, 0) is 0 Å². The molecule has 0 amide bonds. The van der Waals surface area contributed by atoms with Crippen molar-refractivity contribution >= 4 is 29.4 Å². The highest BCUT2D eigenvalue weighted by molar-refractivity contribution is 6.38. The molecule has 0 saturated carbocycles. The zero-order chi connectivity index (χ0) is 9.68. The van der Waals surface area contributed by atoms with Crippen LogP contribution in [0.5, 0.6) is 0 Å². The Morgan fingerprint density at radius 1 is 1.31 bits per heavy atom. The molecule has 0 heterocycles. The zero-order valence-corrected chi connectivity index (χ0v) is 8.39. The van der Waals surface area contributed by atoms with Gasteiger partial charge >= 0.3 is 0 Å². The molecule has 4 heteroatoms. The van der Waals surface area contributed by atoms with Crippen molar-refractivity contribution in [2.75, 3.05) is 13.2 Å². The number of aliphatic hydroxyl groups excluding tert-OH is 1. The van der Waals surface area contributed by atoms with Crippen LogP contribution in [0.25, 0.3) is 0 Å². The van der Waals surface area contributed by atoms with Gasteiger partial charge in [0.2, 0.25) is 0 Å². The normalized spacial score (nSPS) is 11.0. The van der Waals surface area contributed by atoms with Gasteiger partial charge in [-0.15, -0.1) is 0 Å². The Bertz CT molecular complexity index is 292. The third-order valence-electron chi connectivity index (χ3n) is 1.45. The maximum Gasteiger partial charge on any atom is 0.0626 e. The monoisotopic (exact) mass is 217 g/mol. The molecular formula is C9H9Cl2NO. The lowest BCUT2D eigenvalue weighted by Gasteiger charge is -1.99. The van der Waals surface area contributed by atoms with Gasteiger partial charge in [0.25, 0.3) is 0 Å². The summed E-state index contributed by atoms with van der Waals surface area (Å²) in [7, 11) is 0. The van der Waals surface area contributed by atoms with Gasteiger partial charge in [0.15, 0.2) is 0 Å². The van der Waals surface area contributed by atoms with Crippen molar-refractivity contribution in [1.82, 2.24) is 0 Å². The first-order chi connectivity index (χ1) is 6.25. The number of rotatable bonds is 3. The fourth-order valence-corrected chi connectivity index (χ4v) is 1.34. The molecule has 2 nitrogen and oxygen atoms in total. The lowest BCUT2D eigenvalue weighted by molar-refractivity contribution is 0.307. The van der Waals surface area contributed by atoms with Crippen molar-refractivity contribution < 1.29 is 5.11 Å². The Kier molecular flexibility index (Phi) is 4.22. The van der Waals surface area contributed by atoms with Crippen LogP contribution >= 0.6 is 23.2 Å². The molecular weight excluding hydrogens is 209 g/mol. The summed E-state index contributed by atoms with van der Waals surface area (Å²) >= 11 is 11.7. The topological polar surface area (TPSA) is 32.6 Å². The van der Waals surface area contributed by atoms with Crippen LogP contribution in [0, 0.1) is 0 Å². The van der Waals surface area contributed by atoms with Gasteiger partial charge in [0.05, 0.1) is 23.2 Å². The summed E-state index contributed by atoms with van der Waals surface area (Å²) in [6.45, 7) is 0.389. The Hall–Kier alpha value is -0.570. The summed E-state index contributed by atoms with van der Waals surface area (Å²) in [6.07, 6.45) is 1.57. The summed E-state index contributed by atoms with van der Waals surface area (Å²) in [5.41, 5.74) is 0.694. The van der Waals surface area contributed by atoms with E-state index >= 15 is 0 Å². The zero-order valence-electron chi connectivity index (χ0n) is 6.87. The molecule has 1 aromatic rings. The van der Waals surface area contributed by atoms with Gasteiger partial charge in [0.1, 0.15) is 0 Å². The van der Waals surface area contributed by atoms with Crippen molar-refractivity contribution in [3.8, 4) is 0 Å². The first-order valence-corrected chi connectivity index (χ1v) is 4.56. The van der Waals surface area contributed by atoms with Crippen molar-refractivity contribution in [2.24, 2.45) is 4.99 Å². The third kappa shape index (κ3) is 2.99. The first kappa shape index (κ1) is 10.5. The van der Waals surface area contributed by atoms with Crippen LogP contribution in [0.4, 0.5) is 0 Å². The Morgan fingerprint density at radius 3 is 2.46 bits per heavy atom. The van der Waals surface area contributed by atoms with Crippen LogP contribution in [0.3, 0.4) is 0 Å². The molecule has 0 fully saturated rings. The van der Waals surface area contributed by atoms with E-state index in [0.717, 1.165) is 0 Å². The number of nitrogens with zero attached hydrogens (tertiary/aromatic N) is 1. The minimum absolute atomic E-state index is 0.0264. The first-order valence-electron chi connectivity index (χ1n) is 3.80. The molecule has 0 radical (unpaired) electrons. The summed E-state index contributed by atoms with van der Waals surface area (Å²) in [5, 5.41) is 9.63. The highest BCUT2D eigenvalue weighted by Gasteiger charge is 2.00. The van der Waals surface area contributed by atoms with Crippen molar-refractivity contribution in [2.45, 2.75) is 0 Å². The van der Waals surface area contributed by atoms with E-state index in [1.165, 1.54) is 0 Å². The van der Waals surface area contributed by atoms with E-state index in [4.69, 9.17) is 28.3 Å². The molecule has 0 aliphatic carbocycles. The number of halogens is 2. The average molecular weight is 218 g/mol.